The molecule has 0 amide bonds. The molecule has 0 radical (unpaired) electrons. The van der Waals surface area contributed by atoms with Crippen LogP contribution in [0.25, 0.3) is 102 Å². The van der Waals surface area contributed by atoms with Crippen LogP contribution in [0.1, 0.15) is 43.2 Å². The normalized spacial score (nSPS) is 20.3. The zero-order chi connectivity index (χ0) is 46.2. The first kappa shape index (κ1) is 40.8. The maximum absolute atomic E-state index is 5.09. The van der Waals surface area contributed by atoms with Crippen LogP contribution >= 0.6 is 0 Å². The number of rotatable bonds is 8. The minimum atomic E-state index is -0.0163. The third kappa shape index (κ3) is 6.84. The molecule has 6 heteroatoms. The largest absolute Gasteiger partial charge is 0.208 e. The Balaban J connectivity index is 0.842. The highest BCUT2D eigenvalue weighted by Crippen LogP contribution is 2.69. The Morgan fingerprint density at radius 1 is 0.257 bits per heavy atom. The van der Waals surface area contributed by atoms with Gasteiger partial charge in [-0.15, -0.1) is 0 Å². The third-order valence-electron chi connectivity index (χ3n) is 16.0. The Labute approximate surface area is 408 Å². The molecule has 2 aromatic heterocycles. The lowest BCUT2D eigenvalue weighted by molar-refractivity contribution is -0.0399. The summed E-state index contributed by atoms with van der Waals surface area (Å²) in [5.41, 5.74) is 16.5. The third-order valence-corrected chi connectivity index (χ3v) is 16.0. The van der Waals surface area contributed by atoms with E-state index >= 15 is 0 Å². The van der Waals surface area contributed by atoms with E-state index in [1.165, 1.54) is 76.6 Å². The lowest BCUT2D eigenvalue weighted by atomic mass is 9.43. The smallest absolute Gasteiger partial charge is 0.164 e. The van der Waals surface area contributed by atoms with Crippen molar-refractivity contribution in [3.63, 3.8) is 0 Å². The van der Waals surface area contributed by atoms with Crippen molar-refractivity contribution in [2.24, 2.45) is 23.7 Å². The van der Waals surface area contributed by atoms with E-state index in [1.54, 1.807) is 0 Å². The Morgan fingerprint density at radius 2 is 0.557 bits per heavy atom. The fourth-order valence-electron chi connectivity index (χ4n) is 13.1. The molecule has 8 aromatic carbocycles. The molecule has 15 rings (SSSR count). The number of benzene rings is 8. The number of fused-ring (bicyclic) bond motifs is 3. The van der Waals surface area contributed by atoms with Crippen molar-refractivity contribution in [2.45, 2.75) is 37.5 Å². The summed E-state index contributed by atoms with van der Waals surface area (Å²) in [4.78, 5) is 30.1. The highest BCUT2D eigenvalue weighted by Gasteiger charge is 2.61. The first-order valence-electron chi connectivity index (χ1n) is 24.9. The molecule has 0 saturated heterocycles. The Bertz CT molecular complexity index is 3450. The van der Waals surface area contributed by atoms with Crippen molar-refractivity contribution in [2.75, 3.05) is 0 Å². The van der Waals surface area contributed by atoms with Gasteiger partial charge in [-0.2, -0.15) is 0 Å². The zero-order valence-corrected chi connectivity index (χ0v) is 38.7. The SMILES string of the molecule is c1ccc(-c2nc(-c3ccccc3)nc(-c3ccc(-c4ccc5c(c4)C4(c6cc(-c7cccc(-c8nc(-c9ccccc9)nc(-c9ccccc9)n8)c7)ccc6-5)C5CC6CC(C5)CC4C6)cc3)n2)cc1. The van der Waals surface area contributed by atoms with E-state index in [0.29, 0.717) is 46.8 Å². The molecular formula is C64H48N6. The molecule has 4 fully saturated rings. The minimum Gasteiger partial charge on any atom is -0.208 e. The molecule has 2 heterocycles. The summed E-state index contributed by atoms with van der Waals surface area (Å²) in [5, 5.41) is 0. The second-order valence-corrected chi connectivity index (χ2v) is 19.9. The Morgan fingerprint density at radius 3 is 0.971 bits per heavy atom. The lowest BCUT2D eigenvalue weighted by Crippen LogP contribution is -2.55. The van der Waals surface area contributed by atoms with Crippen molar-refractivity contribution < 1.29 is 0 Å². The molecule has 5 aliphatic carbocycles. The number of hydrogen-bond donors (Lipinski definition) is 0. The van der Waals surface area contributed by atoms with Gasteiger partial charge in [-0.05, 0) is 118 Å². The molecule has 6 nitrogen and oxygen atoms in total. The molecule has 0 N–H and O–H groups in total. The maximum Gasteiger partial charge on any atom is 0.164 e. The maximum atomic E-state index is 5.09. The number of aromatic nitrogens is 6. The van der Waals surface area contributed by atoms with Crippen LogP contribution in [0.2, 0.25) is 0 Å². The van der Waals surface area contributed by atoms with E-state index in [2.05, 4.69) is 133 Å². The topological polar surface area (TPSA) is 77.3 Å². The summed E-state index contributed by atoms with van der Waals surface area (Å²) in [6.45, 7) is 0. The molecular weight excluding hydrogens is 853 g/mol. The first-order chi connectivity index (χ1) is 34.6. The second kappa shape index (κ2) is 16.5. The molecule has 334 valence electrons. The molecule has 4 bridgehead atoms. The monoisotopic (exact) mass is 900 g/mol. The lowest BCUT2D eigenvalue weighted by Gasteiger charge is -2.61. The quantitative estimate of drug-likeness (QED) is 0.151. The average molecular weight is 901 g/mol. The fourth-order valence-corrected chi connectivity index (χ4v) is 13.1. The number of hydrogen-bond acceptors (Lipinski definition) is 6. The standard InChI is InChI=1S/C64H48N6/c1-5-14-43(15-6-1)58-65-59(44-16-7-2-8-17-44)68-62(67-58)47-26-24-42(25-27-47)49-28-30-54-55-31-29-50(39-57(55)64(56(54)38-49)52-33-40-32-41(35-52)36-53(64)34-40)48-22-13-23-51(37-48)63-69-60(45-18-9-3-10-19-45)66-61(70-63)46-20-11-4-12-21-46/h1-31,37-41,52-53H,32-36H2. The highest BCUT2D eigenvalue weighted by molar-refractivity contribution is 5.87. The van der Waals surface area contributed by atoms with Gasteiger partial charge in [0.05, 0.1) is 0 Å². The van der Waals surface area contributed by atoms with Crippen LogP contribution in [0, 0.1) is 23.7 Å². The summed E-state index contributed by atoms with van der Waals surface area (Å²) >= 11 is 0. The van der Waals surface area contributed by atoms with Crippen molar-refractivity contribution in [3.05, 3.63) is 217 Å². The van der Waals surface area contributed by atoms with Crippen molar-refractivity contribution >= 4 is 0 Å². The number of nitrogens with zero attached hydrogens (tertiary/aromatic N) is 6. The van der Waals surface area contributed by atoms with Gasteiger partial charge < -0.3 is 0 Å². The average Bonchev–Trinajstić information content (AvgIpc) is 3.73. The van der Waals surface area contributed by atoms with Gasteiger partial charge >= 0.3 is 0 Å². The summed E-state index contributed by atoms with van der Waals surface area (Å²) in [5.74, 6) is 6.95. The van der Waals surface area contributed by atoms with Gasteiger partial charge in [0.2, 0.25) is 0 Å². The zero-order valence-electron chi connectivity index (χ0n) is 38.7. The minimum absolute atomic E-state index is 0.0163. The van der Waals surface area contributed by atoms with E-state index in [0.717, 1.165) is 45.2 Å². The van der Waals surface area contributed by atoms with E-state index < -0.39 is 0 Å². The van der Waals surface area contributed by atoms with Crippen LogP contribution < -0.4 is 0 Å². The van der Waals surface area contributed by atoms with Crippen molar-refractivity contribution in [3.8, 4) is 102 Å². The van der Waals surface area contributed by atoms with Gasteiger partial charge in [-0.25, -0.2) is 29.9 Å². The molecule has 0 aliphatic heterocycles. The molecule has 0 unspecified atom stereocenters. The van der Waals surface area contributed by atoms with E-state index in [1.807, 2.05) is 72.8 Å². The van der Waals surface area contributed by atoms with Crippen LogP contribution in [0.15, 0.2) is 206 Å². The summed E-state index contributed by atoms with van der Waals surface area (Å²) in [6, 6.07) is 73.2. The first-order valence-corrected chi connectivity index (χ1v) is 24.9. The van der Waals surface area contributed by atoms with Crippen LogP contribution in [0.3, 0.4) is 0 Å². The summed E-state index contributed by atoms with van der Waals surface area (Å²) in [6.07, 6.45) is 6.69. The molecule has 10 aromatic rings. The van der Waals surface area contributed by atoms with E-state index in [-0.39, 0.29) is 5.41 Å². The van der Waals surface area contributed by atoms with E-state index in [9.17, 15) is 0 Å². The van der Waals surface area contributed by atoms with Gasteiger partial charge in [0, 0.05) is 38.8 Å². The highest BCUT2D eigenvalue weighted by atomic mass is 15.0. The van der Waals surface area contributed by atoms with Crippen LogP contribution in [-0.2, 0) is 5.41 Å². The molecule has 5 aliphatic rings. The Kier molecular flexibility index (Phi) is 9.61. The van der Waals surface area contributed by atoms with Crippen LogP contribution in [-0.4, -0.2) is 29.9 Å². The Hall–Kier alpha value is -8.22. The summed E-state index contributed by atoms with van der Waals surface area (Å²) in [7, 11) is 0. The van der Waals surface area contributed by atoms with Gasteiger partial charge in [0.1, 0.15) is 0 Å². The van der Waals surface area contributed by atoms with Crippen molar-refractivity contribution in [1.82, 2.24) is 29.9 Å². The predicted molar refractivity (Wildman–Crippen MR) is 280 cm³/mol. The molecule has 1 spiro atoms. The fraction of sp³-hybridized carbons (Fsp3) is 0.156. The van der Waals surface area contributed by atoms with Crippen LogP contribution in [0.5, 0.6) is 0 Å². The molecule has 70 heavy (non-hydrogen) atoms. The predicted octanol–water partition coefficient (Wildman–Crippen LogP) is 15.1. The van der Waals surface area contributed by atoms with Crippen molar-refractivity contribution in [1.29, 1.82) is 0 Å². The van der Waals surface area contributed by atoms with Crippen LogP contribution in [0.4, 0.5) is 0 Å². The van der Waals surface area contributed by atoms with Gasteiger partial charge in [0.15, 0.2) is 34.9 Å². The molecule has 0 atom stereocenters. The van der Waals surface area contributed by atoms with E-state index in [4.69, 9.17) is 29.9 Å². The summed E-state index contributed by atoms with van der Waals surface area (Å²) < 4.78 is 0. The van der Waals surface area contributed by atoms with Gasteiger partial charge in [0.25, 0.3) is 0 Å². The van der Waals surface area contributed by atoms with Gasteiger partial charge in [-0.3, -0.25) is 0 Å². The molecule has 4 saturated carbocycles. The van der Waals surface area contributed by atoms with Gasteiger partial charge in [-0.1, -0.05) is 188 Å². The second-order valence-electron chi connectivity index (χ2n) is 19.9.